The minimum Gasteiger partial charge on any atom is -0.495 e. The van der Waals surface area contributed by atoms with E-state index in [0.717, 1.165) is 0 Å². The molecule has 0 aromatic heterocycles. The van der Waals surface area contributed by atoms with Crippen molar-refractivity contribution in [3.8, 4) is 5.75 Å². The number of carbonyl (C=O) groups excluding carboxylic acids is 1. The van der Waals surface area contributed by atoms with Gasteiger partial charge in [0.15, 0.2) is 0 Å². The van der Waals surface area contributed by atoms with Crippen LogP contribution in [0.4, 0.5) is 10.5 Å². The van der Waals surface area contributed by atoms with Crippen LogP contribution in [0.5, 0.6) is 5.75 Å². The summed E-state index contributed by atoms with van der Waals surface area (Å²) in [6, 6.07) is 4.10. The molecule has 0 atom stereocenters. The molecule has 3 N–H and O–H groups in total. The summed E-state index contributed by atoms with van der Waals surface area (Å²) in [6.45, 7) is 4.07. The fourth-order valence-corrected chi connectivity index (χ4v) is 2.10. The molecular weight excluding hydrogens is 284 g/mol. The molecule has 1 amide bonds. The second-order valence-corrected chi connectivity index (χ2v) is 6.06. The van der Waals surface area contributed by atoms with Crippen LogP contribution in [0.1, 0.15) is 13.8 Å². The number of carbonyl (C=O) groups is 1. The fourth-order valence-electron chi connectivity index (χ4n) is 1.37. The number of amides is 1. The van der Waals surface area contributed by atoms with Gasteiger partial charge in [0.1, 0.15) is 10.6 Å². The van der Waals surface area contributed by atoms with E-state index in [-0.39, 0.29) is 28.9 Å². The Labute approximate surface area is 118 Å². The maximum atomic E-state index is 11.5. The van der Waals surface area contributed by atoms with Crippen LogP contribution in [-0.2, 0) is 14.8 Å². The molecular formula is C12H18N2O5S. The highest BCUT2D eigenvalue weighted by Gasteiger charge is 2.16. The average molecular weight is 302 g/mol. The number of anilines is 1. The van der Waals surface area contributed by atoms with Gasteiger partial charge in [0.25, 0.3) is 0 Å². The summed E-state index contributed by atoms with van der Waals surface area (Å²) in [5.41, 5.74) is 0.253. The molecule has 0 heterocycles. The molecule has 0 aliphatic heterocycles. The zero-order valence-corrected chi connectivity index (χ0v) is 12.4. The van der Waals surface area contributed by atoms with Crippen molar-refractivity contribution in [2.24, 2.45) is 11.1 Å². The standard InChI is InChI=1S/C12H18N2O5S/c1-8(2)7-19-12(15)14-9-4-5-10(18-3)11(6-9)20(13,16)17/h4-6,8H,7H2,1-3H3,(H,14,15)(H2,13,16,17). The van der Waals surface area contributed by atoms with Gasteiger partial charge in [-0.15, -0.1) is 0 Å². The highest BCUT2D eigenvalue weighted by Crippen LogP contribution is 2.26. The first-order valence-corrected chi connectivity index (χ1v) is 7.43. The van der Waals surface area contributed by atoms with Crippen molar-refractivity contribution in [1.29, 1.82) is 0 Å². The molecule has 8 heteroatoms. The number of nitrogens with two attached hydrogens (primary N) is 1. The van der Waals surface area contributed by atoms with Gasteiger partial charge in [-0.1, -0.05) is 13.8 Å². The highest BCUT2D eigenvalue weighted by atomic mass is 32.2. The summed E-state index contributed by atoms with van der Waals surface area (Å²) in [5, 5.41) is 7.50. The Morgan fingerprint density at radius 1 is 1.40 bits per heavy atom. The Morgan fingerprint density at radius 2 is 2.05 bits per heavy atom. The van der Waals surface area contributed by atoms with Crippen LogP contribution in [0.15, 0.2) is 23.1 Å². The van der Waals surface area contributed by atoms with Crippen molar-refractivity contribution in [2.75, 3.05) is 19.0 Å². The van der Waals surface area contributed by atoms with E-state index in [9.17, 15) is 13.2 Å². The second-order valence-electron chi connectivity index (χ2n) is 4.53. The van der Waals surface area contributed by atoms with Crippen LogP contribution in [0.2, 0.25) is 0 Å². The SMILES string of the molecule is COc1ccc(NC(=O)OCC(C)C)cc1S(N)(=O)=O. The predicted octanol–water partition coefficient (Wildman–Crippen LogP) is 1.55. The van der Waals surface area contributed by atoms with E-state index in [0.29, 0.717) is 0 Å². The lowest BCUT2D eigenvalue weighted by Crippen LogP contribution is -2.18. The first kappa shape index (κ1) is 16.3. The van der Waals surface area contributed by atoms with E-state index < -0.39 is 16.1 Å². The molecule has 20 heavy (non-hydrogen) atoms. The van der Waals surface area contributed by atoms with Crippen LogP contribution in [0, 0.1) is 5.92 Å². The summed E-state index contributed by atoms with van der Waals surface area (Å²) >= 11 is 0. The number of primary sulfonamides is 1. The Hall–Kier alpha value is -1.80. The van der Waals surface area contributed by atoms with Crippen LogP contribution in [0.25, 0.3) is 0 Å². The monoisotopic (exact) mass is 302 g/mol. The molecule has 0 spiro atoms. The second kappa shape index (κ2) is 6.58. The van der Waals surface area contributed by atoms with Gasteiger partial charge in [-0.25, -0.2) is 18.4 Å². The molecule has 112 valence electrons. The lowest BCUT2D eigenvalue weighted by Gasteiger charge is -2.11. The number of hydrogen-bond donors (Lipinski definition) is 2. The zero-order chi connectivity index (χ0) is 15.3. The Balaban J connectivity index is 2.90. The predicted molar refractivity (Wildman–Crippen MR) is 74.2 cm³/mol. The molecule has 0 saturated heterocycles. The van der Waals surface area contributed by atoms with Crippen molar-refractivity contribution in [2.45, 2.75) is 18.7 Å². The smallest absolute Gasteiger partial charge is 0.411 e. The first-order chi connectivity index (χ1) is 9.24. The maximum Gasteiger partial charge on any atom is 0.411 e. The van der Waals surface area contributed by atoms with E-state index in [2.05, 4.69) is 5.32 Å². The van der Waals surface area contributed by atoms with Crippen LogP contribution < -0.4 is 15.2 Å². The van der Waals surface area contributed by atoms with Gasteiger partial charge < -0.3 is 9.47 Å². The quantitative estimate of drug-likeness (QED) is 0.858. The van der Waals surface area contributed by atoms with Crippen molar-refractivity contribution >= 4 is 21.8 Å². The summed E-state index contributed by atoms with van der Waals surface area (Å²) in [6.07, 6.45) is -0.663. The van der Waals surface area contributed by atoms with E-state index in [1.165, 1.54) is 25.3 Å². The molecule has 0 saturated carbocycles. The van der Waals surface area contributed by atoms with Gasteiger partial charge in [0, 0.05) is 5.69 Å². The van der Waals surface area contributed by atoms with E-state index >= 15 is 0 Å². The maximum absolute atomic E-state index is 11.5. The van der Waals surface area contributed by atoms with Crippen LogP contribution in [-0.4, -0.2) is 28.2 Å². The topological polar surface area (TPSA) is 108 Å². The largest absolute Gasteiger partial charge is 0.495 e. The Kier molecular flexibility index (Phi) is 5.34. The Bertz CT molecular complexity index is 584. The molecule has 1 rings (SSSR count). The molecule has 7 nitrogen and oxygen atoms in total. The van der Waals surface area contributed by atoms with E-state index in [1.54, 1.807) is 0 Å². The van der Waals surface area contributed by atoms with Crippen molar-refractivity contribution < 1.29 is 22.7 Å². The lowest BCUT2D eigenvalue weighted by atomic mass is 10.2. The number of rotatable bonds is 5. The van der Waals surface area contributed by atoms with Crippen molar-refractivity contribution in [1.82, 2.24) is 0 Å². The third-order valence-corrected chi connectivity index (χ3v) is 3.20. The van der Waals surface area contributed by atoms with Crippen molar-refractivity contribution in [3.05, 3.63) is 18.2 Å². The zero-order valence-electron chi connectivity index (χ0n) is 11.5. The molecule has 0 unspecified atom stereocenters. The van der Waals surface area contributed by atoms with Gasteiger partial charge >= 0.3 is 6.09 Å². The summed E-state index contributed by atoms with van der Waals surface area (Å²) in [7, 11) is -2.62. The number of methoxy groups -OCH3 is 1. The summed E-state index contributed by atoms with van der Waals surface area (Å²) in [4.78, 5) is 11.3. The first-order valence-electron chi connectivity index (χ1n) is 5.88. The number of benzene rings is 1. The number of sulfonamides is 1. The fraction of sp³-hybridized carbons (Fsp3) is 0.417. The van der Waals surface area contributed by atoms with E-state index in [4.69, 9.17) is 14.6 Å². The number of hydrogen-bond acceptors (Lipinski definition) is 5. The molecule has 1 aromatic carbocycles. The van der Waals surface area contributed by atoms with Crippen molar-refractivity contribution in [3.63, 3.8) is 0 Å². The number of nitrogens with one attached hydrogen (secondary N) is 1. The molecule has 1 aromatic rings. The summed E-state index contributed by atoms with van der Waals surface area (Å²) < 4.78 is 32.7. The van der Waals surface area contributed by atoms with Crippen LogP contribution in [0.3, 0.4) is 0 Å². The van der Waals surface area contributed by atoms with Gasteiger partial charge in [-0.2, -0.15) is 0 Å². The van der Waals surface area contributed by atoms with Crippen LogP contribution >= 0.6 is 0 Å². The average Bonchev–Trinajstić information content (AvgIpc) is 2.35. The third kappa shape index (κ3) is 4.71. The molecule has 0 aliphatic carbocycles. The molecule has 0 bridgehead atoms. The van der Waals surface area contributed by atoms with Gasteiger partial charge in [0.05, 0.1) is 13.7 Å². The molecule has 0 aliphatic rings. The molecule has 0 fully saturated rings. The normalized spacial score (nSPS) is 11.2. The van der Waals surface area contributed by atoms with Gasteiger partial charge in [0.2, 0.25) is 10.0 Å². The van der Waals surface area contributed by atoms with Gasteiger partial charge in [-0.3, -0.25) is 5.32 Å². The lowest BCUT2D eigenvalue weighted by molar-refractivity contribution is 0.147. The third-order valence-electron chi connectivity index (χ3n) is 2.26. The summed E-state index contributed by atoms with van der Waals surface area (Å²) in [5.74, 6) is 0.310. The Morgan fingerprint density at radius 3 is 2.55 bits per heavy atom. The van der Waals surface area contributed by atoms with E-state index in [1.807, 2.05) is 13.8 Å². The minimum absolute atomic E-state index is 0.105. The number of ether oxygens (including phenoxy) is 2. The molecule has 0 radical (unpaired) electrons. The van der Waals surface area contributed by atoms with Gasteiger partial charge in [-0.05, 0) is 24.1 Å². The minimum atomic E-state index is -3.95. The highest BCUT2D eigenvalue weighted by molar-refractivity contribution is 7.89.